The SMILES string of the molecule is Clc1ccc2c(C3=CCN(CCCOc4cccc5[nH]ccc45)CC3)c[nH]c2c1Cl. The first-order valence-corrected chi connectivity index (χ1v) is 11.0. The number of benzene rings is 2. The van der Waals surface area contributed by atoms with Crippen molar-refractivity contribution in [3.8, 4) is 5.75 Å². The number of hydrogen-bond donors (Lipinski definition) is 2. The largest absolute Gasteiger partial charge is 0.493 e. The second-order valence-corrected chi connectivity index (χ2v) is 8.45. The molecule has 1 aliphatic rings. The summed E-state index contributed by atoms with van der Waals surface area (Å²) in [5.74, 6) is 0.952. The first-order chi connectivity index (χ1) is 14.7. The van der Waals surface area contributed by atoms with Gasteiger partial charge in [-0.25, -0.2) is 0 Å². The Morgan fingerprint density at radius 1 is 1.03 bits per heavy atom. The van der Waals surface area contributed by atoms with Gasteiger partial charge in [-0.3, -0.25) is 4.90 Å². The van der Waals surface area contributed by atoms with Crippen LogP contribution in [0.4, 0.5) is 0 Å². The Bertz CT molecular complexity index is 1220. The Balaban J connectivity index is 1.17. The van der Waals surface area contributed by atoms with E-state index in [0.29, 0.717) is 10.0 Å². The molecule has 0 bridgehead atoms. The van der Waals surface area contributed by atoms with Gasteiger partial charge in [0.25, 0.3) is 0 Å². The summed E-state index contributed by atoms with van der Waals surface area (Å²) < 4.78 is 6.03. The minimum atomic E-state index is 0.580. The maximum atomic E-state index is 6.34. The molecule has 0 atom stereocenters. The molecule has 0 spiro atoms. The average Bonchev–Trinajstić information content (AvgIpc) is 3.42. The molecule has 5 rings (SSSR count). The second-order valence-electron chi connectivity index (χ2n) is 7.66. The Labute approximate surface area is 185 Å². The van der Waals surface area contributed by atoms with E-state index in [-0.39, 0.29) is 0 Å². The van der Waals surface area contributed by atoms with Crippen molar-refractivity contribution in [3.05, 3.63) is 70.5 Å². The quantitative estimate of drug-likeness (QED) is 0.336. The van der Waals surface area contributed by atoms with Crippen LogP contribution in [0.25, 0.3) is 27.4 Å². The lowest BCUT2D eigenvalue weighted by molar-refractivity contribution is 0.250. The van der Waals surface area contributed by atoms with Crippen LogP contribution < -0.4 is 4.74 Å². The van der Waals surface area contributed by atoms with Crippen molar-refractivity contribution in [2.24, 2.45) is 0 Å². The van der Waals surface area contributed by atoms with Gasteiger partial charge in [-0.1, -0.05) is 41.4 Å². The van der Waals surface area contributed by atoms with E-state index in [0.717, 1.165) is 66.6 Å². The van der Waals surface area contributed by atoms with Crippen molar-refractivity contribution in [2.45, 2.75) is 12.8 Å². The van der Waals surface area contributed by atoms with E-state index in [2.05, 4.69) is 33.1 Å². The third-order valence-electron chi connectivity index (χ3n) is 5.82. The average molecular weight is 440 g/mol. The molecular weight excluding hydrogens is 417 g/mol. The number of aromatic nitrogens is 2. The van der Waals surface area contributed by atoms with Gasteiger partial charge in [0.1, 0.15) is 5.75 Å². The summed E-state index contributed by atoms with van der Waals surface area (Å²) in [6.45, 7) is 3.76. The van der Waals surface area contributed by atoms with Crippen LogP contribution in [0.1, 0.15) is 18.4 Å². The van der Waals surface area contributed by atoms with E-state index in [9.17, 15) is 0 Å². The number of H-pyrrole nitrogens is 2. The smallest absolute Gasteiger partial charge is 0.128 e. The van der Waals surface area contributed by atoms with E-state index in [1.165, 1.54) is 11.1 Å². The van der Waals surface area contributed by atoms with Crippen molar-refractivity contribution in [3.63, 3.8) is 0 Å². The Morgan fingerprint density at radius 3 is 2.83 bits per heavy atom. The minimum Gasteiger partial charge on any atom is -0.493 e. The van der Waals surface area contributed by atoms with Crippen LogP contribution in [0.5, 0.6) is 5.75 Å². The molecule has 2 aromatic heterocycles. The van der Waals surface area contributed by atoms with Crippen LogP contribution in [0.2, 0.25) is 10.0 Å². The van der Waals surface area contributed by atoms with E-state index >= 15 is 0 Å². The van der Waals surface area contributed by atoms with Gasteiger partial charge in [-0.05, 0) is 42.7 Å². The molecule has 6 heteroatoms. The van der Waals surface area contributed by atoms with Gasteiger partial charge in [-0.15, -0.1) is 0 Å². The van der Waals surface area contributed by atoms with Crippen molar-refractivity contribution in [2.75, 3.05) is 26.2 Å². The molecule has 0 saturated carbocycles. The molecule has 30 heavy (non-hydrogen) atoms. The van der Waals surface area contributed by atoms with Crippen LogP contribution in [0.15, 0.2) is 54.9 Å². The molecule has 4 nitrogen and oxygen atoms in total. The molecule has 0 radical (unpaired) electrons. The number of halogens is 2. The lowest BCUT2D eigenvalue weighted by Gasteiger charge is -2.26. The van der Waals surface area contributed by atoms with Gasteiger partial charge in [-0.2, -0.15) is 0 Å². The Hall–Kier alpha value is -2.40. The van der Waals surface area contributed by atoms with Gasteiger partial charge >= 0.3 is 0 Å². The molecular formula is C24H23Cl2N3O. The van der Waals surface area contributed by atoms with Gasteiger partial charge in [0.2, 0.25) is 0 Å². The third-order valence-corrected chi connectivity index (χ3v) is 6.62. The van der Waals surface area contributed by atoms with Crippen LogP contribution in [0, 0.1) is 0 Å². The van der Waals surface area contributed by atoms with Crippen LogP contribution >= 0.6 is 23.2 Å². The Morgan fingerprint density at radius 2 is 1.97 bits per heavy atom. The molecule has 0 unspecified atom stereocenters. The lowest BCUT2D eigenvalue weighted by atomic mass is 9.99. The highest BCUT2D eigenvalue weighted by molar-refractivity contribution is 6.45. The summed E-state index contributed by atoms with van der Waals surface area (Å²) in [4.78, 5) is 8.98. The number of nitrogens with zero attached hydrogens (tertiary/aromatic N) is 1. The number of ether oxygens (including phenoxy) is 1. The molecule has 154 valence electrons. The molecule has 1 aliphatic heterocycles. The zero-order valence-corrected chi connectivity index (χ0v) is 18.1. The van der Waals surface area contributed by atoms with Crippen molar-refractivity contribution in [1.82, 2.24) is 14.9 Å². The molecule has 2 N–H and O–H groups in total. The highest BCUT2D eigenvalue weighted by atomic mass is 35.5. The molecule has 0 fully saturated rings. The Kier molecular flexibility index (Phi) is 5.47. The van der Waals surface area contributed by atoms with Crippen molar-refractivity contribution in [1.29, 1.82) is 0 Å². The monoisotopic (exact) mass is 439 g/mol. The summed E-state index contributed by atoms with van der Waals surface area (Å²) in [6.07, 6.45) is 8.35. The van der Waals surface area contributed by atoms with Crippen molar-refractivity contribution >= 4 is 50.6 Å². The fourth-order valence-electron chi connectivity index (χ4n) is 4.22. The normalized spacial score (nSPS) is 15.1. The number of fused-ring (bicyclic) bond motifs is 2. The highest BCUT2D eigenvalue weighted by Crippen LogP contribution is 2.35. The highest BCUT2D eigenvalue weighted by Gasteiger charge is 2.17. The molecule has 3 heterocycles. The van der Waals surface area contributed by atoms with E-state index < -0.39 is 0 Å². The molecule has 0 saturated heterocycles. The number of rotatable bonds is 6. The number of aromatic amines is 2. The molecule has 0 aliphatic carbocycles. The fraction of sp³-hybridized carbons (Fsp3) is 0.250. The molecule has 2 aromatic carbocycles. The molecule has 4 aromatic rings. The zero-order valence-electron chi connectivity index (χ0n) is 16.6. The summed E-state index contributed by atoms with van der Waals surface area (Å²) in [7, 11) is 0. The number of nitrogens with one attached hydrogen (secondary N) is 2. The van der Waals surface area contributed by atoms with Gasteiger partial charge < -0.3 is 14.7 Å². The first kappa shape index (κ1) is 19.6. The third kappa shape index (κ3) is 3.71. The lowest BCUT2D eigenvalue weighted by Crippen LogP contribution is -2.30. The van der Waals surface area contributed by atoms with E-state index in [4.69, 9.17) is 27.9 Å². The van der Waals surface area contributed by atoms with Gasteiger partial charge in [0.05, 0.1) is 22.2 Å². The fourth-order valence-corrected chi connectivity index (χ4v) is 4.59. The first-order valence-electron chi connectivity index (χ1n) is 10.3. The van der Waals surface area contributed by atoms with Crippen LogP contribution in [0.3, 0.4) is 0 Å². The predicted molar refractivity (Wildman–Crippen MR) is 126 cm³/mol. The maximum absolute atomic E-state index is 6.34. The second kappa shape index (κ2) is 8.38. The van der Waals surface area contributed by atoms with E-state index in [1.807, 2.05) is 36.7 Å². The summed E-state index contributed by atoms with van der Waals surface area (Å²) >= 11 is 12.5. The van der Waals surface area contributed by atoms with Crippen LogP contribution in [-0.4, -0.2) is 41.1 Å². The van der Waals surface area contributed by atoms with Crippen LogP contribution in [-0.2, 0) is 0 Å². The predicted octanol–water partition coefficient (Wildman–Crippen LogP) is 6.51. The summed E-state index contributed by atoms with van der Waals surface area (Å²) in [6, 6.07) is 12.1. The topological polar surface area (TPSA) is 44.0 Å². The minimum absolute atomic E-state index is 0.580. The van der Waals surface area contributed by atoms with Crippen molar-refractivity contribution < 1.29 is 4.74 Å². The zero-order chi connectivity index (χ0) is 20.5. The van der Waals surface area contributed by atoms with Gasteiger partial charge in [0, 0.05) is 53.9 Å². The van der Waals surface area contributed by atoms with Gasteiger partial charge in [0.15, 0.2) is 0 Å². The maximum Gasteiger partial charge on any atom is 0.128 e. The molecule has 0 amide bonds. The summed E-state index contributed by atoms with van der Waals surface area (Å²) in [5, 5.41) is 3.45. The number of hydrogen-bond acceptors (Lipinski definition) is 2. The summed E-state index contributed by atoms with van der Waals surface area (Å²) in [5.41, 5.74) is 4.62. The standard InChI is InChI=1S/C24H23Cl2N3O/c25-20-6-5-17-19(15-28-24(17)23(20)26)16-8-12-29(13-9-16)11-2-14-30-22-4-1-3-21-18(22)7-10-27-21/h1,3-8,10,15,27-28H,2,9,11-14H2. The van der Waals surface area contributed by atoms with E-state index in [1.54, 1.807) is 0 Å².